The lowest BCUT2D eigenvalue weighted by Gasteiger charge is -2.09. The number of amides is 3. The van der Waals surface area contributed by atoms with E-state index in [0.29, 0.717) is 35.3 Å². The topological polar surface area (TPSA) is 123 Å². The van der Waals surface area contributed by atoms with E-state index in [9.17, 15) is 18.8 Å². The molecule has 0 saturated carbocycles. The maximum atomic E-state index is 13.3. The highest BCUT2D eigenvalue weighted by atomic mass is 32.1. The SMILES string of the molecule is Cc1noc2nc(-c3ccc(F)cc3)cc(C(=O)OCC(=O)NC(=O)NCCc3cccs3)c12. The van der Waals surface area contributed by atoms with Crippen LogP contribution in [0.15, 0.2) is 52.4 Å². The van der Waals surface area contributed by atoms with Gasteiger partial charge in [-0.1, -0.05) is 11.2 Å². The molecule has 4 rings (SSSR count). The number of rotatable bonds is 7. The number of hydrogen-bond acceptors (Lipinski definition) is 8. The van der Waals surface area contributed by atoms with Crippen LogP contribution >= 0.6 is 11.3 Å². The van der Waals surface area contributed by atoms with Crippen LogP contribution in [0.25, 0.3) is 22.4 Å². The molecule has 2 N–H and O–H groups in total. The van der Waals surface area contributed by atoms with Crippen molar-refractivity contribution in [1.29, 1.82) is 0 Å². The van der Waals surface area contributed by atoms with E-state index in [1.54, 1.807) is 18.3 Å². The molecule has 0 saturated heterocycles. The smallest absolute Gasteiger partial charge is 0.339 e. The molecule has 0 spiro atoms. The summed E-state index contributed by atoms with van der Waals surface area (Å²) in [7, 11) is 0. The molecule has 11 heteroatoms. The third kappa shape index (κ3) is 5.44. The molecule has 4 aromatic rings. The average molecular weight is 482 g/mol. The number of halogens is 1. The van der Waals surface area contributed by atoms with E-state index in [-0.39, 0.29) is 11.3 Å². The van der Waals surface area contributed by atoms with E-state index >= 15 is 0 Å². The van der Waals surface area contributed by atoms with Crippen molar-refractivity contribution in [2.24, 2.45) is 0 Å². The van der Waals surface area contributed by atoms with E-state index in [4.69, 9.17) is 9.26 Å². The van der Waals surface area contributed by atoms with Gasteiger partial charge in [0, 0.05) is 17.0 Å². The van der Waals surface area contributed by atoms with Crippen LogP contribution in [-0.2, 0) is 16.0 Å². The standard InChI is InChI=1S/C23H19FN4O5S/c1-13-20-17(11-18(26-21(20)33-28-13)14-4-6-15(24)7-5-14)22(30)32-12-19(29)27-23(31)25-9-8-16-3-2-10-34-16/h2-7,10-11H,8-9,12H2,1H3,(H2,25,27,29,31). The van der Waals surface area contributed by atoms with Gasteiger partial charge in [-0.15, -0.1) is 11.3 Å². The van der Waals surface area contributed by atoms with Crippen LogP contribution in [0.1, 0.15) is 20.9 Å². The molecule has 0 aliphatic carbocycles. The quantitative estimate of drug-likeness (QED) is 0.386. The molecule has 0 fully saturated rings. The first kappa shape index (κ1) is 23.1. The second kappa shape index (κ2) is 10.2. The Morgan fingerprint density at radius 2 is 1.97 bits per heavy atom. The lowest BCUT2D eigenvalue weighted by molar-refractivity contribution is -0.123. The lowest BCUT2D eigenvalue weighted by Crippen LogP contribution is -2.42. The van der Waals surface area contributed by atoms with E-state index in [1.807, 2.05) is 17.5 Å². The molecule has 3 heterocycles. The Morgan fingerprint density at radius 1 is 1.18 bits per heavy atom. The number of hydrogen-bond donors (Lipinski definition) is 2. The Hall–Kier alpha value is -4.12. The minimum atomic E-state index is -0.824. The van der Waals surface area contributed by atoms with Crippen LogP contribution in [0.4, 0.5) is 9.18 Å². The van der Waals surface area contributed by atoms with Gasteiger partial charge in [-0.3, -0.25) is 10.1 Å². The largest absolute Gasteiger partial charge is 0.452 e. The van der Waals surface area contributed by atoms with Crippen LogP contribution in [0.5, 0.6) is 0 Å². The number of nitrogens with zero attached hydrogens (tertiary/aromatic N) is 2. The van der Waals surface area contributed by atoms with Crippen molar-refractivity contribution < 1.29 is 28.0 Å². The van der Waals surface area contributed by atoms with Gasteiger partial charge in [-0.25, -0.2) is 19.0 Å². The normalized spacial score (nSPS) is 10.8. The van der Waals surface area contributed by atoms with Gasteiger partial charge < -0.3 is 14.6 Å². The Bertz CT molecular complexity index is 1340. The molecular formula is C23H19FN4O5S. The number of esters is 1. The van der Waals surface area contributed by atoms with Gasteiger partial charge in [0.25, 0.3) is 11.6 Å². The summed E-state index contributed by atoms with van der Waals surface area (Å²) in [6.07, 6.45) is 0.640. The van der Waals surface area contributed by atoms with Gasteiger partial charge in [-0.2, -0.15) is 0 Å². The van der Waals surface area contributed by atoms with Crippen LogP contribution in [0, 0.1) is 12.7 Å². The third-order valence-corrected chi connectivity index (χ3v) is 5.74. The summed E-state index contributed by atoms with van der Waals surface area (Å²) < 4.78 is 23.6. The molecule has 174 valence electrons. The van der Waals surface area contributed by atoms with Crippen molar-refractivity contribution >= 4 is 40.3 Å². The number of carbonyl (C=O) groups is 3. The molecule has 0 atom stereocenters. The molecule has 34 heavy (non-hydrogen) atoms. The maximum Gasteiger partial charge on any atom is 0.339 e. The molecule has 1 aromatic carbocycles. The fraction of sp³-hybridized carbons (Fsp3) is 0.174. The van der Waals surface area contributed by atoms with E-state index < -0.39 is 30.3 Å². The number of nitrogens with one attached hydrogen (secondary N) is 2. The Labute approximate surface area is 196 Å². The fourth-order valence-corrected chi connectivity index (χ4v) is 3.90. The Balaban J connectivity index is 1.40. The zero-order chi connectivity index (χ0) is 24.1. The van der Waals surface area contributed by atoms with Crippen molar-refractivity contribution in [1.82, 2.24) is 20.8 Å². The molecule has 0 unspecified atom stereocenters. The van der Waals surface area contributed by atoms with Gasteiger partial charge in [0.1, 0.15) is 5.82 Å². The first-order chi connectivity index (χ1) is 16.4. The van der Waals surface area contributed by atoms with Crippen LogP contribution in [-0.4, -0.2) is 41.2 Å². The molecule has 9 nitrogen and oxygen atoms in total. The number of benzene rings is 1. The number of pyridine rings is 1. The monoisotopic (exact) mass is 482 g/mol. The average Bonchev–Trinajstić information content (AvgIpc) is 3.47. The molecule has 0 radical (unpaired) electrons. The minimum absolute atomic E-state index is 0.0799. The minimum Gasteiger partial charge on any atom is -0.452 e. The molecule has 0 aliphatic rings. The first-order valence-electron chi connectivity index (χ1n) is 10.2. The van der Waals surface area contributed by atoms with E-state index in [2.05, 4.69) is 20.8 Å². The van der Waals surface area contributed by atoms with Gasteiger partial charge in [0.2, 0.25) is 0 Å². The number of urea groups is 1. The number of fused-ring (bicyclic) bond motifs is 1. The van der Waals surface area contributed by atoms with Crippen molar-refractivity contribution in [3.05, 3.63) is 69.8 Å². The van der Waals surface area contributed by atoms with Crippen molar-refractivity contribution in [3.63, 3.8) is 0 Å². The van der Waals surface area contributed by atoms with Crippen LogP contribution < -0.4 is 10.6 Å². The summed E-state index contributed by atoms with van der Waals surface area (Å²) in [6, 6.07) is 10.2. The van der Waals surface area contributed by atoms with E-state index in [0.717, 1.165) is 4.88 Å². The summed E-state index contributed by atoms with van der Waals surface area (Å²) in [5.74, 6) is -2.02. The molecular weight excluding hydrogens is 463 g/mol. The van der Waals surface area contributed by atoms with E-state index in [1.165, 1.54) is 30.3 Å². The summed E-state index contributed by atoms with van der Waals surface area (Å²) in [5, 5.41) is 10.8. The molecule has 0 bridgehead atoms. The van der Waals surface area contributed by atoms with Crippen molar-refractivity contribution in [3.8, 4) is 11.3 Å². The summed E-state index contributed by atoms with van der Waals surface area (Å²) in [5.41, 5.74) is 1.47. The van der Waals surface area contributed by atoms with Crippen molar-refractivity contribution in [2.45, 2.75) is 13.3 Å². The fourth-order valence-electron chi connectivity index (χ4n) is 3.19. The predicted octanol–water partition coefficient (Wildman–Crippen LogP) is 3.62. The summed E-state index contributed by atoms with van der Waals surface area (Å²) >= 11 is 1.57. The number of thiophene rings is 1. The molecule has 0 aliphatic heterocycles. The number of aryl methyl sites for hydroxylation is 1. The third-order valence-electron chi connectivity index (χ3n) is 4.80. The Morgan fingerprint density at radius 3 is 2.71 bits per heavy atom. The molecule has 3 aromatic heterocycles. The summed E-state index contributed by atoms with van der Waals surface area (Å²) in [6.45, 7) is 1.32. The summed E-state index contributed by atoms with van der Waals surface area (Å²) in [4.78, 5) is 42.1. The second-order valence-corrected chi connectivity index (χ2v) is 8.25. The van der Waals surface area contributed by atoms with Crippen molar-refractivity contribution in [2.75, 3.05) is 13.2 Å². The number of carbonyl (C=O) groups excluding carboxylic acids is 3. The Kier molecular flexibility index (Phi) is 6.93. The zero-order valence-corrected chi connectivity index (χ0v) is 18.8. The first-order valence-corrected chi connectivity index (χ1v) is 11.1. The van der Waals surface area contributed by atoms with Gasteiger partial charge in [0.05, 0.1) is 22.3 Å². The number of aromatic nitrogens is 2. The number of imide groups is 1. The highest BCUT2D eigenvalue weighted by Crippen LogP contribution is 2.27. The van der Waals surface area contributed by atoms with Gasteiger partial charge in [0.15, 0.2) is 6.61 Å². The van der Waals surface area contributed by atoms with Crippen LogP contribution in [0.3, 0.4) is 0 Å². The predicted molar refractivity (Wildman–Crippen MR) is 122 cm³/mol. The van der Waals surface area contributed by atoms with Gasteiger partial charge >= 0.3 is 12.0 Å². The van der Waals surface area contributed by atoms with Crippen LogP contribution in [0.2, 0.25) is 0 Å². The molecule has 3 amide bonds. The highest BCUT2D eigenvalue weighted by molar-refractivity contribution is 7.09. The zero-order valence-electron chi connectivity index (χ0n) is 18.0. The second-order valence-electron chi connectivity index (χ2n) is 7.22. The highest BCUT2D eigenvalue weighted by Gasteiger charge is 2.21. The number of ether oxygens (including phenoxy) is 1. The lowest BCUT2D eigenvalue weighted by atomic mass is 10.1. The van der Waals surface area contributed by atoms with Gasteiger partial charge in [-0.05, 0) is 55.1 Å². The maximum absolute atomic E-state index is 13.3.